The van der Waals surface area contributed by atoms with Crippen LogP contribution in [0.4, 0.5) is 5.69 Å². The second-order valence-electron chi connectivity index (χ2n) is 6.18. The normalized spacial score (nSPS) is 11.2. The minimum Gasteiger partial charge on any atom is -0.497 e. The molecular weight excluding hydrogens is 390 g/mol. The van der Waals surface area contributed by atoms with Crippen molar-refractivity contribution in [3.05, 3.63) is 36.4 Å². The third-order valence-electron chi connectivity index (χ3n) is 4.33. The number of nitrogens with one attached hydrogen (secondary N) is 1. The summed E-state index contributed by atoms with van der Waals surface area (Å²) >= 11 is 0. The van der Waals surface area contributed by atoms with Crippen molar-refractivity contribution in [1.82, 2.24) is 0 Å². The van der Waals surface area contributed by atoms with Crippen LogP contribution in [-0.2, 0) is 14.3 Å². The van der Waals surface area contributed by atoms with Crippen molar-refractivity contribution in [2.45, 2.75) is 20.3 Å². The van der Waals surface area contributed by atoms with Crippen LogP contribution < -0.4 is 24.3 Å². The van der Waals surface area contributed by atoms with Crippen molar-refractivity contribution in [2.24, 2.45) is 5.92 Å². The minimum absolute atomic E-state index is 0.200. The highest BCUT2D eigenvalue weighted by Gasteiger charge is 2.27. The van der Waals surface area contributed by atoms with Crippen molar-refractivity contribution >= 4 is 17.6 Å². The van der Waals surface area contributed by atoms with Gasteiger partial charge >= 0.3 is 5.97 Å². The van der Waals surface area contributed by atoms with E-state index in [1.165, 1.54) is 14.2 Å². The van der Waals surface area contributed by atoms with Gasteiger partial charge in [0.1, 0.15) is 17.4 Å². The van der Waals surface area contributed by atoms with Gasteiger partial charge in [-0.3, -0.25) is 9.59 Å². The average molecular weight is 417 g/mol. The topological polar surface area (TPSA) is 92.3 Å². The van der Waals surface area contributed by atoms with E-state index in [9.17, 15) is 9.59 Å². The molecule has 8 nitrogen and oxygen atoms in total. The lowest BCUT2D eigenvalue weighted by atomic mass is 10.1. The summed E-state index contributed by atoms with van der Waals surface area (Å²) in [4.78, 5) is 24.8. The standard InChI is InChI=1S/C22H27NO7/c1-6-16(22(25)29-7-2)21(24)23-17-12-14(26-3)8-10-18(17)30-20-13-15(27-4)9-11-19(20)28-5/h8-13,16H,6-7H2,1-5H3,(H,23,24). The highest BCUT2D eigenvalue weighted by Crippen LogP contribution is 2.39. The Hall–Kier alpha value is -3.42. The third-order valence-corrected chi connectivity index (χ3v) is 4.33. The molecule has 0 aromatic heterocycles. The predicted molar refractivity (Wildman–Crippen MR) is 112 cm³/mol. The summed E-state index contributed by atoms with van der Waals surface area (Å²) in [5.41, 5.74) is 0.340. The number of hydrogen-bond donors (Lipinski definition) is 1. The molecule has 2 rings (SSSR count). The largest absolute Gasteiger partial charge is 0.497 e. The molecule has 0 saturated heterocycles. The fourth-order valence-corrected chi connectivity index (χ4v) is 2.73. The number of ether oxygens (including phenoxy) is 5. The first-order valence-corrected chi connectivity index (χ1v) is 9.52. The van der Waals surface area contributed by atoms with Gasteiger partial charge in [0.15, 0.2) is 17.2 Å². The highest BCUT2D eigenvalue weighted by atomic mass is 16.5. The number of carbonyl (C=O) groups is 2. The molecule has 0 saturated carbocycles. The lowest BCUT2D eigenvalue weighted by Gasteiger charge is -2.18. The molecule has 8 heteroatoms. The van der Waals surface area contributed by atoms with E-state index in [-0.39, 0.29) is 6.61 Å². The maximum atomic E-state index is 12.7. The van der Waals surface area contributed by atoms with Crippen molar-refractivity contribution in [3.8, 4) is 28.7 Å². The molecule has 0 aliphatic carbocycles. The van der Waals surface area contributed by atoms with Crippen LogP contribution in [0.3, 0.4) is 0 Å². The molecule has 1 N–H and O–H groups in total. The first-order valence-electron chi connectivity index (χ1n) is 9.52. The quantitative estimate of drug-likeness (QED) is 0.461. The van der Waals surface area contributed by atoms with E-state index in [4.69, 9.17) is 23.7 Å². The lowest BCUT2D eigenvalue weighted by Crippen LogP contribution is -2.30. The van der Waals surface area contributed by atoms with Crippen LogP contribution in [0.2, 0.25) is 0 Å². The van der Waals surface area contributed by atoms with E-state index in [0.717, 1.165) is 0 Å². The van der Waals surface area contributed by atoms with Gasteiger partial charge in [0.2, 0.25) is 5.91 Å². The lowest BCUT2D eigenvalue weighted by molar-refractivity contribution is -0.151. The van der Waals surface area contributed by atoms with Gasteiger partial charge in [0.25, 0.3) is 0 Å². The van der Waals surface area contributed by atoms with Gasteiger partial charge in [0.05, 0.1) is 33.6 Å². The maximum Gasteiger partial charge on any atom is 0.318 e. The predicted octanol–water partition coefficient (Wildman–Crippen LogP) is 4.03. The molecule has 0 bridgehead atoms. The molecule has 162 valence electrons. The third kappa shape index (κ3) is 5.56. The molecule has 1 atom stereocenters. The fourth-order valence-electron chi connectivity index (χ4n) is 2.73. The van der Waals surface area contributed by atoms with Crippen molar-refractivity contribution in [2.75, 3.05) is 33.3 Å². The van der Waals surface area contributed by atoms with Crippen LogP contribution in [0.5, 0.6) is 28.7 Å². The van der Waals surface area contributed by atoms with Gasteiger partial charge in [-0.25, -0.2) is 0 Å². The molecule has 0 aliphatic heterocycles. The van der Waals surface area contributed by atoms with E-state index in [1.54, 1.807) is 57.4 Å². The SMILES string of the molecule is CCOC(=O)C(CC)C(=O)Nc1cc(OC)ccc1Oc1cc(OC)ccc1OC. The van der Waals surface area contributed by atoms with Gasteiger partial charge in [-0.2, -0.15) is 0 Å². The van der Waals surface area contributed by atoms with Gasteiger partial charge in [-0.1, -0.05) is 6.92 Å². The number of benzene rings is 2. The molecule has 0 fully saturated rings. The van der Waals surface area contributed by atoms with Crippen LogP contribution in [0, 0.1) is 5.92 Å². The molecule has 1 amide bonds. The highest BCUT2D eigenvalue weighted by molar-refractivity contribution is 6.05. The summed E-state index contributed by atoms with van der Waals surface area (Å²) in [5, 5.41) is 2.75. The summed E-state index contributed by atoms with van der Waals surface area (Å²) in [6, 6.07) is 10.1. The second kappa shape index (κ2) is 10.9. The maximum absolute atomic E-state index is 12.7. The molecule has 2 aromatic carbocycles. The Morgan fingerprint density at radius 1 is 0.867 bits per heavy atom. The summed E-state index contributed by atoms with van der Waals surface area (Å²) in [7, 11) is 4.58. The average Bonchev–Trinajstić information content (AvgIpc) is 2.75. The Balaban J connectivity index is 2.37. The molecule has 2 aromatic rings. The Kier molecular flexibility index (Phi) is 8.34. The summed E-state index contributed by atoms with van der Waals surface area (Å²) in [6.07, 6.45) is 0.300. The van der Waals surface area contributed by atoms with E-state index in [1.807, 2.05) is 0 Å². The van der Waals surface area contributed by atoms with Crippen LogP contribution in [-0.4, -0.2) is 39.8 Å². The Morgan fingerprint density at radius 3 is 2.07 bits per heavy atom. The van der Waals surface area contributed by atoms with Crippen LogP contribution >= 0.6 is 0 Å². The minimum atomic E-state index is -0.935. The zero-order valence-corrected chi connectivity index (χ0v) is 17.8. The molecule has 0 spiro atoms. The zero-order chi connectivity index (χ0) is 22.1. The zero-order valence-electron chi connectivity index (χ0n) is 17.8. The van der Waals surface area contributed by atoms with E-state index >= 15 is 0 Å². The van der Waals surface area contributed by atoms with Crippen molar-refractivity contribution in [1.29, 1.82) is 0 Å². The first-order chi connectivity index (χ1) is 14.5. The van der Waals surface area contributed by atoms with Crippen LogP contribution in [0.1, 0.15) is 20.3 Å². The first kappa shape index (κ1) is 22.9. The molecule has 30 heavy (non-hydrogen) atoms. The van der Waals surface area contributed by atoms with Crippen LogP contribution in [0.25, 0.3) is 0 Å². The van der Waals surface area contributed by atoms with Crippen LogP contribution in [0.15, 0.2) is 36.4 Å². The number of hydrogen-bond acceptors (Lipinski definition) is 7. The molecule has 0 aliphatic rings. The van der Waals surface area contributed by atoms with E-state index < -0.39 is 17.8 Å². The van der Waals surface area contributed by atoms with Gasteiger partial charge in [-0.15, -0.1) is 0 Å². The van der Waals surface area contributed by atoms with Gasteiger partial charge in [0, 0.05) is 12.1 Å². The number of esters is 1. The Morgan fingerprint density at radius 2 is 1.50 bits per heavy atom. The Labute approximate surface area is 176 Å². The van der Waals surface area contributed by atoms with Crippen molar-refractivity contribution < 1.29 is 33.3 Å². The molecule has 1 unspecified atom stereocenters. The number of carbonyl (C=O) groups excluding carboxylic acids is 2. The Bertz CT molecular complexity index is 882. The number of anilines is 1. The summed E-state index contributed by atoms with van der Waals surface area (Å²) < 4.78 is 26.8. The number of rotatable bonds is 10. The van der Waals surface area contributed by atoms with Crippen molar-refractivity contribution in [3.63, 3.8) is 0 Å². The fraction of sp³-hybridized carbons (Fsp3) is 0.364. The number of amides is 1. The smallest absolute Gasteiger partial charge is 0.318 e. The van der Waals surface area contributed by atoms with E-state index in [2.05, 4.69) is 5.32 Å². The summed E-state index contributed by atoms with van der Waals surface area (Å²) in [6.45, 7) is 3.63. The molecule has 0 heterocycles. The monoisotopic (exact) mass is 417 g/mol. The van der Waals surface area contributed by atoms with Gasteiger partial charge in [-0.05, 0) is 37.6 Å². The van der Waals surface area contributed by atoms with E-state index in [0.29, 0.717) is 40.9 Å². The molecule has 0 radical (unpaired) electrons. The van der Waals surface area contributed by atoms with Gasteiger partial charge < -0.3 is 29.0 Å². The molecular formula is C22H27NO7. The summed E-state index contributed by atoms with van der Waals surface area (Å²) in [5.74, 6) is 0.322. The second-order valence-corrected chi connectivity index (χ2v) is 6.18. The number of methoxy groups -OCH3 is 3.